The molecule has 0 radical (unpaired) electrons. The van der Waals surface area contributed by atoms with Gasteiger partial charge >= 0.3 is 0 Å². The zero-order valence-electron chi connectivity index (χ0n) is 15.7. The molecule has 0 saturated carbocycles. The van der Waals surface area contributed by atoms with Crippen molar-refractivity contribution in [3.63, 3.8) is 0 Å². The molecule has 2 aromatic heterocycles. The van der Waals surface area contributed by atoms with Crippen LogP contribution in [0.25, 0.3) is 0 Å². The fourth-order valence-corrected chi connectivity index (χ4v) is 3.24. The molecule has 1 aliphatic heterocycles. The molecule has 144 valence electrons. The molecule has 8 heteroatoms. The fourth-order valence-electron chi connectivity index (χ4n) is 3.24. The summed E-state index contributed by atoms with van der Waals surface area (Å²) in [6, 6.07) is 14.4. The van der Waals surface area contributed by atoms with E-state index in [1.54, 1.807) is 55.0 Å². The van der Waals surface area contributed by atoms with E-state index in [-0.39, 0.29) is 5.91 Å². The molecule has 3 heterocycles. The maximum absolute atomic E-state index is 12.6. The van der Waals surface area contributed by atoms with E-state index in [1.165, 1.54) is 0 Å². The van der Waals surface area contributed by atoms with Crippen LogP contribution in [0.2, 0.25) is 0 Å². The van der Waals surface area contributed by atoms with Gasteiger partial charge in [-0.2, -0.15) is 5.26 Å². The van der Waals surface area contributed by atoms with Crippen molar-refractivity contribution in [2.75, 3.05) is 41.3 Å². The second-order valence-electron chi connectivity index (χ2n) is 6.53. The van der Waals surface area contributed by atoms with Crippen LogP contribution >= 0.6 is 0 Å². The summed E-state index contributed by atoms with van der Waals surface area (Å²) in [5, 5.41) is 12.0. The van der Waals surface area contributed by atoms with Crippen molar-refractivity contribution in [2.24, 2.45) is 0 Å². The van der Waals surface area contributed by atoms with Gasteiger partial charge in [0.15, 0.2) is 0 Å². The average Bonchev–Trinajstić information content (AvgIpc) is 2.80. The molecule has 8 nitrogen and oxygen atoms in total. The minimum absolute atomic E-state index is 0.309. The Morgan fingerprint density at radius 3 is 2.41 bits per heavy atom. The number of pyridine rings is 1. The van der Waals surface area contributed by atoms with Crippen molar-refractivity contribution in [3.05, 3.63) is 72.3 Å². The summed E-state index contributed by atoms with van der Waals surface area (Å²) in [4.78, 5) is 29.8. The quantitative estimate of drug-likeness (QED) is 0.736. The molecule has 1 saturated heterocycles. The zero-order chi connectivity index (χ0) is 20.1. The predicted octanol–water partition coefficient (Wildman–Crippen LogP) is 2.32. The number of benzene rings is 1. The van der Waals surface area contributed by atoms with Crippen molar-refractivity contribution in [3.8, 4) is 6.07 Å². The number of amides is 1. The van der Waals surface area contributed by atoms with Crippen LogP contribution in [-0.4, -0.2) is 47.0 Å². The van der Waals surface area contributed by atoms with Crippen molar-refractivity contribution >= 4 is 23.2 Å². The summed E-state index contributed by atoms with van der Waals surface area (Å²) in [7, 11) is 0. The lowest BCUT2D eigenvalue weighted by molar-refractivity contribution is 0.102. The summed E-state index contributed by atoms with van der Waals surface area (Å²) in [6.07, 6.45) is 5.12. The van der Waals surface area contributed by atoms with E-state index < -0.39 is 0 Å². The highest BCUT2D eigenvalue weighted by atomic mass is 16.1. The number of para-hydroxylation sites is 1. The molecule has 1 N–H and O–H groups in total. The number of aromatic nitrogens is 3. The standard InChI is InChI=1S/C21H19N7O/c22-15-16-4-1-2-5-18(16)26-20(29)19-14-17(6-9-23-19)27-10-12-28(13-11-27)21-24-7-3-8-25-21/h1-9,14H,10-13H2,(H,26,29). The lowest BCUT2D eigenvalue weighted by Crippen LogP contribution is -2.47. The summed E-state index contributed by atoms with van der Waals surface area (Å²) < 4.78 is 0. The third-order valence-corrected chi connectivity index (χ3v) is 4.75. The first-order valence-electron chi connectivity index (χ1n) is 9.28. The van der Waals surface area contributed by atoms with E-state index in [0.29, 0.717) is 16.9 Å². The van der Waals surface area contributed by atoms with E-state index in [2.05, 4.69) is 36.1 Å². The SMILES string of the molecule is N#Cc1ccccc1NC(=O)c1cc(N2CCN(c3ncccn3)CC2)ccn1. The Kier molecular flexibility index (Phi) is 5.29. The van der Waals surface area contributed by atoms with Gasteiger partial charge in [-0.05, 0) is 30.3 Å². The Balaban J connectivity index is 1.44. The van der Waals surface area contributed by atoms with Gasteiger partial charge in [0.05, 0.1) is 11.3 Å². The van der Waals surface area contributed by atoms with E-state index in [4.69, 9.17) is 0 Å². The maximum Gasteiger partial charge on any atom is 0.274 e. The number of piperazine rings is 1. The van der Waals surface area contributed by atoms with E-state index >= 15 is 0 Å². The molecular formula is C21H19N7O. The molecular weight excluding hydrogens is 366 g/mol. The number of nitriles is 1. The predicted molar refractivity (Wildman–Crippen MR) is 110 cm³/mol. The summed E-state index contributed by atoms with van der Waals surface area (Å²) in [5.74, 6) is 0.393. The molecule has 4 rings (SSSR count). The molecule has 0 spiro atoms. The second kappa shape index (κ2) is 8.35. The van der Waals surface area contributed by atoms with Crippen molar-refractivity contribution in [1.29, 1.82) is 5.26 Å². The molecule has 0 unspecified atom stereocenters. The summed E-state index contributed by atoms with van der Waals surface area (Å²) >= 11 is 0. The number of carbonyl (C=O) groups excluding carboxylic acids is 1. The number of nitrogens with one attached hydrogen (secondary N) is 1. The van der Waals surface area contributed by atoms with Crippen molar-refractivity contribution in [2.45, 2.75) is 0 Å². The highest BCUT2D eigenvalue weighted by Crippen LogP contribution is 2.20. The fraction of sp³-hybridized carbons (Fsp3) is 0.190. The molecule has 3 aromatic rings. The molecule has 1 amide bonds. The Hall–Kier alpha value is -3.99. The second-order valence-corrected chi connectivity index (χ2v) is 6.53. The molecule has 1 aliphatic rings. The molecule has 1 fully saturated rings. The lowest BCUT2D eigenvalue weighted by atomic mass is 10.2. The van der Waals surface area contributed by atoms with Crippen LogP contribution in [-0.2, 0) is 0 Å². The van der Waals surface area contributed by atoms with Crippen molar-refractivity contribution in [1.82, 2.24) is 15.0 Å². The smallest absolute Gasteiger partial charge is 0.274 e. The first-order chi connectivity index (χ1) is 14.2. The summed E-state index contributed by atoms with van der Waals surface area (Å²) in [5.41, 5.74) is 2.14. The minimum Gasteiger partial charge on any atom is -0.368 e. The van der Waals surface area contributed by atoms with E-state index in [0.717, 1.165) is 37.8 Å². The van der Waals surface area contributed by atoms with Crippen LogP contribution in [0.15, 0.2) is 61.1 Å². The Morgan fingerprint density at radius 1 is 0.931 bits per heavy atom. The number of anilines is 3. The van der Waals surface area contributed by atoms with Crippen LogP contribution in [0.4, 0.5) is 17.3 Å². The lowest BCUT2D eigenvalue weighted by Gasteiger charge is -2.36. The topological polar surface area (TPSA) is 98.0 Å². The van der Waals surface area contributed by atoms with E-state index in [1.807, 2.05) is 6.07 Å². The maximum atomic E-state index is 12.6. The zero-order valence-corrected chi connectivity index (χ0v) is 15.7. The molecule has 1 aromatic carbocycles. The van der Waals surface area contributed by atoms with Crippen molar-refractivity contribution < 1.29 is 4.79 Å². The van der Waals surface area contributed by atoms with Gasteiger partial charge < -0.3 is 15.1 Å². The van der Waals surface area contributed by atoms with Gasteiger partial charge in [-0.1, -0.05) is 12.1 Å². The Labute approximate surface area is 168 Å². The van der Waals surface area contributed by atoms with Crippen LogP contribution in [0.5, 0.6) is 0 Å². The highest BCUT2D eigenvalue weighted by molar-refractivity contribution is 6.04. The number of hydrogen-bond acceptors (Lipinski definition) is 7. The van der Waals surface area contributed by atoms with Gasteiger partial charge in [-0.15, -0.1) is 0 Å². The number of hydrogen-bond donors (Lipinski definition) is 1. The van der Waals surface area contributed by atoms with Crippen LogP contribution in [0, 0.1) is 11.3 Å². The number of rotatable bonds is 4. The molecule has 0 atom stereocenters. The van der Waals surface area contributed by atoms with Gasteiger partial charge in [0, 0.05) is 50.5 Å². The highest BCUT2D eigenvalue weighted by Gasteiger charge is 2.20. The average molecular weight is 385 g/mol. The van der Waals surface area contributed by atoms with Crippen LogP contribution in [0.1, 0.15) is 16.1 Å². The van der Waals surface area contributed by atoms with Gasteiger partial charge in [-0.3, -0.25) is 9.78 Å². The number of nitrogens with zero attached hydrogens (tertiary/aromatic N) is 6. The first kappa shape index (κ1) is 18.4. The molecule has 0 bridgehead atoms. The van der Waals surface area contributed by atoms with Gasteiger partial charge in [0.2, 0.25) is 5.95 Å². The van der Waals surface area contributed by atoms with Gasteiger partial charge in [0.25, 0.3) is 5.91 Å². The Bertz CT molecular complexity index is 1040. The molecule has 0 aliphatic carbocycles. The van der Waals surface area contributed by atoms with Gasteiger partial charge in [-0.25, -0.2) is 9.97 Å². The third kappa shape index (κ3) is 4.14. The third-order valence-electron chi connectivity index (χ3n) is 4.75. The van der Waals surface area contributed by atoms with E-state index in [9.17, 15) is 10.1 Å². The largest absolute Gasteiger partial charge is 0.368 e. The minimum atomic E-state index is -0.342. The van der Waals surface area contributed by atoms with Crippen LogP contribution < -0.4 is 15.1 Å². The number of carbonyl (C=O) groups is 1. The van der Waals surface area contributed by atoms with Crippen LogP contribution in [0.3, 0.4) is 0 Å². The monoisotopic (exact) mass is 385 g/mol. The van der Waals surface area contributed by atoms with Gasteiger partial charge in [0.1, 0.15) is 11.8 Å². The summed E-state index contributed by atoms with van der Waals surface area (Å²) in [6.45, 7) is 3.17. The molecule has 29 heavy (non-hydrogen) atoms. The Morgan fingerprint density at radius 2 is 1.66 bits per heavy atom. The normalized spacial score (nSPS) is 13.6. The first-order valence-corrected chi connectivity index (χ1v) is 9.28.